The van der Waals surface area contributed by atoms with Crippen LogP contribution in [-0.4, -0.2) is 24.7 Å². The van der Waals surface area contributed by atoms with Crippen LogP contribution in [0.5, 0.6) is 0 Å². The summed E-state index contributed by atoms with van der Waals surface area (Å²) in [5.74, 6) is 0.380. The Morgan fingerprint density at radius 2 is 2.12 bits per heavy atom. The molecule has 0 bridgehead atoms. The maximum Gasteiger partial charge on any atom is 0.227 e. The fraction of sp³-hybridized carbons (Fsp3) is 0.444. The summed E-state index contributed by atoms with van der Waals surface area (Å²) in [5.41, 5.74) is 0.493. The van der Waals surface area contributed by atoms with Gasteiger partial charge < -0.3 is 5.11 Å². The van der Waals surface area contributed by atoms with E-state index in [1.165, 1.54) is 4.52 Å². The van der Waals surface area contributed by atoms with Crippen molar-refractivity contribution in [3.05, 3.63) is 21.3 Å². The highest BCUT2D eigenvalue weighted by Crippen LogP contribution is 2.44. The van der Waals surface area contributed by atoms with E-state index < -0.39 is 5.60 Å². The van der Waals surface area contributed by atoms with E-state index >= 15 is 0 Å². The Morgan fingerprint density at radius 1 is 1.44 bits per heavy atom. The van der Waals surface area contributed by atoms with Crippen LogP contribution in [0.4, 0.5) is 0 Å². The van der Waals surface area contributed by atoms with Gasteiger partial charge in [-0.05, 0) is 47.3 Å². The number of hydrogen-bond acceptors (Lipinski definition) is 4. The molecule has 3 rings (SSSR count). The summed E-state index contributed by atoms with van der Waals surface area (Å²) < 4.78 is 2.23. The van der Waals surface area contributed by atoms with E-state index in [-0.39, 0.29) is 5.28 Å². The van der Waals surface area contributed by atoms with Gasteiger partial charge in [0.05, 0.1) is 10.2 Å². The molecule has 1 N–H and O–H groups in total. The average molecular weight is 304 g/mol. The third kappa shape index (κ3) is 1.37. The van der Waals surface area contributed by atoms with Gasteiger partial charge in [0.15, 0.2) is 11.5 Å². The van der Waals surface area contributed by atoms with E-state index in [4.69, 9.17) is 11.6 Å². The second-order valence-electron chi connectivity index (χ2n) is 3.98. The summed E-state index contributed by atoms with van der Waals surface area (Å²) in [6, 6.07) is 0. The van der Waals surface area contributed by atoms with Crippen molar-refractivity contribution in [3.63, 3.8) is 0 Å². The average Bonchev–Trinajstić information content (AvgIpc) is 2.92. The molecule has 5 nitrogen and oxygen atoms in total. The van der Waals surface area contributed by atoms with Gasteiger partial charge in [-0.25, -0.2) is 4.98 Å². The summed E-state index contributed by atoms with van der Waals surface area (Å²) in [5, 5.41) is 14.4. The van der Waals surface area contributed by atoms with Crippen LogP contribution in [0.3, 0.4) is 0 Å². The molecular weight excluding hydrogens is 295 g/mol. The van der Waals surface area contributed by atoms with Gasteiger partial charge in [0.25, 0.3) is 0 Å². The van der Waals surface area contributed by atoms with Gasteiger partial charge in [-0.1, -0.05) is 0 Å². The standard InChI is InChI=1S/C9H8BrClN4O/c1-4-5(10)6-12-7(9(16)2-3-9)13-8(11)15(6)14-4/h16H,2-3H2,1H3. The Kier molecular flexibility index (Phi) is 2.05. The molecule has 0 radical (unpaired) electrons. The summed E-state index contributed by atoms with van der Waals surface area (Å²) in [4.78, 5) is 8.37. The minimum Gasteiger partial charge on any atom is -0.382 e. The first kappa shape index (κ1) is 10.4. The van der Waals surface area contributed by atoms with E-state index in [2.05, 4.69) is 31.0 Å². The second kappa shape index (κ2) is 3.15. The van der Waals surface area contributed by atoms with Crippen LogP contribution in [0.2, 0.25) is 5.28 Å². The summed E-state index contributed by atoms with van der Waals surface area (Å²) in [7, 11) is 0. The topological polar surface area (TPSA) is 63.3 Å². The molecule has 2 aromatic rings. The molecular formula is C9H8BrClN4O. The third-order valence-corrected chi connectivity index (χ3v) is 3.86. The summed E-state index contributed by atoms with van der Waals surface area (Å²) in [6.45, 7) is 1.85. The van der Waals surface area contributed by atoms with Crippen LogP contribution in [0.1, 0.15) is 24.4 Å². The van der Waals surface area contributed by atoms with Crippen molar-refractivity contribution in [1.82, 2.24) is 19.6 Å². The molecule has 84 valence electrons. The Morgan fingerprint density at radius 3 is 2.75 bits per heavy atom. The number of rotatable bonds is 1. The maximum absolute atomic E-state index is 9.95. The van der Waals surface area contributed by atoms with Crippen molar-refractivity contribution in [3.8, 4) is 0 Å². The van der Waals surface area contributed by atoms with Crippen LogP contribution in [0.25, 0.3) is 5.65 Å². The molecule has 1 aliphatic carbocycles. The Labute approximate surface area is 105 Å². The largest absolute Gasteiger partial charge is 0.382 e. The molecule has 2 heterocycles. The smallest absolute Gasteiger partial charge is 0.227 e. The van der Waals surface area contributed by atoms with Crippen LogP contribution >= 0.6 is 27.5 Å². The fourth-order valence-electron chi connectivity index (χ4n) is 1.53. The monoisotopic (exact) mass is 302 g/mol. The number of aromatic nitrogens is 4. The van der Waals surface area contributed by atoms with Crippen molar-refractivity contribution in [2.24, 2.45) is 0 Å². The molecule has 16 heavy (non-hydrogen) atoms. The number of aryl methyl sites for hydroxylation is 1. The van der Waals surface area contributed by atoms with Gasteiger partial charge in [-0.2, -0.15) is 14.6 Å². The molecule has 7 heteroatoms. The molecule has 2 aromatic heterocycles. The number of nitrogens with zero attached hydrogens (tertiary/aromatic N) is 4. The normalized spacial score (nSPS) is 18.0. The number of hydrogen-bond donors (Lipinski definition) is 1. The molecule has 0 saturated heterocycles. The zero-order valence-corrected chi connectivity index (χ0v) is 10.7. The minimum atomic E-state index is -0.886. The molecule has 1 aliphatic rings. The highest BCUT2D eigenvalue weighted by atomic mass is 79.9. The molecule has 0 amide bonds. The highest BCUT2D eigenvalue weighted by molar-refractivity contribution is 9.10. The van der Waals surface area contributed by atoms with Crippen LogP contribution in [0, 0.1) is 6.92 Å². The molecule has 0 aromatic carbocycles. The molecule has 0 aliphatic heterocycles. The first-order valence-electron chi connectivity index (χ1n) is 4.82. The van der Waals surface area contributed by atoms with Crippen LogP contribution in [-0.2, 0) is 5.60 Å². The lowest BCUT2D eigenvalue weighted by atomic mass is 10.3. The zero-order chi connectivity index (χ0) is 11.5. The lowest BCUT2D eigenvalue weighted by Gasteiger charge is -2.06. The fourth-order valence-corrected chi connectivity index (χ4v) is 2.07. The van der Waals surface area contributed by atoms with Gasteiger partial charge in [0.2, 0.25) is 5.28 Å². The molecule has 1 saturated carbocycles. The van der Waals surface area contributed by atoms with Gasteiger partial charge in [0, 0.05) is 0 Å². The predicted octanol–water partition coefficient (Wildman–Crippen LogP) is 1.83. The van der Waals surface area contributed by atoms with E-state index in [1.807, 2.05) is 6.92 Å². The first-order chi connectivity index (χ1) is 7.51. The second-order valence-corrected chi connectivity index (χ2v) is 5.11. The van der Waals surface area contributed by atoms with Crippen LogP contribution < -0.4 is 0 Å². The van der Waals surface area contributed by atoms with Crippen molar-refractivity contribution >= 4 is 33.2 Å². The van der Waals surface area contributed by atoms with Crippen molar-refractivity contribution < 1.29 is 5.11 Å². The molecule has 0 unspecified atom stereocenters. The van der Waals surface area contributed by atoms with Gasteiger partial charge >= 0.3 is 0 Å². The van der Waals surface area contributed by atoms with Crippen molar-refractivity contribution in [2.45, 2.75) is 25.4 Å². The van der Waals surface area contributed by atoms with E-state index in [1.54, 1.807) is 0 Å². The van der Waals surface area contributed by atoms with Crippen LogP contribution in [0.15, 0.2) is 4.47 Å². The Balaban J connectivity index is 2.32. The van der Waals surface area contributed by atoms with Gasteiger partial charge in [-0.3, -0.25) is 0 Å². The first-order valence-corrected chi connectivity index (χ1v) is 5.99. The molecule has 0 spiro atoms. The lowest BCUT2D eigenvalue weighted by Crippen LogP contribution is -2.12. The number of aliphatic hydroxyl groups is 1. The quantitative estimate of drug-likeness (QED) is 0.873. The Bertz CT molecular complexity index is 593. The van der Waals surface area contributed by atoms with E-state index in [0.29, 0.717) is 24.3 Å². The zero-order valence-electron chi connectivity index (χ0n) is 8.41. The predicted molar refractivity (Wildman–Crippen MR) is 61.4 cm³/mol. The number of fused-ring (bicyclic) bond motifs is 1. The summed E-state index contributed by atoms with van der Waals surface area (Å²) >= 11 is 9.39. The maximum atomic E-state index is 9.95. The van der Waals surface area contributed by atoms with Crippen molar-refractivity contribution in [2.75, 3.05) is 0 Å². The van der Waals surface area contributed by atoms with E-state index in [9.17, 15) is 5.11 Å². The van der Waals surface area contributed by atoms with Gasteiger partial charge in [-0.15, -0.1) is 0 Å². The molecule has 1 fully saturated rings. The highest BCUT2D eigenvalue weighted by Gasteiger charge is 2.45. The third-order valence-electron chi connectivity index (χ3n) is 2.69. The van der Waals surface area contributed by atoms with Crippen molar-refractivity contribution in [1.29, 1.82) is 0 Å². The molecule has 0 atom stereocenters. The number of halogens is 2. The minimum absolute atomic E-state index is 0.217. The SMILES string of the molecule is Cc1nn2c(Cl)nc(C3(O)CC3)nc2c1Br. The lowest BCUT2D eigenvalue weighted by molar-refractivity contribution is 0.141. The Hall–Kier alpha value is -0.720. The van der Waals surface area contributed by atoms with E-state index in [0.717, 1.165) is 10.2 Å². The van der Waals surface area contributed by atoms with Gasteiger partial charge in [0.1, 0.15) is 5.60 Å². The summed E-state index contributed by atoms with van der Waals surface area (Å²) in [6.07, 6.45) is 1.37.